The Morgan fingerprint density at radius 1 is 1.35 bits per heavy atom. The number of hydrogen-bond donors (Lipinski definition) is 1. The van der Waals surface area contributed by atoms with Crippen LogP contribution in [0.15, 0.2) is 22.7 Å². The molecular formula is C11H15N5O2S2. The highest BCUT2D eigenvalue weighted by Gasteiger charge is 2.30. The van der Waals surface area contributed by atoms with Crippen molar-refractivity contribution in [1.82, 2.24) is 19.1 Å². The highest BCUT2D eigenvalue weighted by Crippen LogP contribution is 2.27. The van der Waals surface area contributed by atoms with E-state index < -0.39 is 10.0 Å². The van der Waals surface area contributed by atoms with Gasteiger partial charge in [-0.2, -0.15) is 4.31 Å². The molecule has 0 radical (unpaired) electrons. The topological polar surface area (TPSA) is 94.1 Å². The van der Waals surface area contributed by atoms with Crippen molar-refractivity contribution in [2.45, 2.75) is 23.7 Å². The molecule has 2 aromatic rings. The number of fused-ring (bicyclic) bond motifs is 1. The summed E-state index contributed by atoms with van der Waals surface area (Å²) in [5.41, 5.74) is 5.49. The third kappa shape index (κ3) is 2.37. The van der Waals surface area contributed by atoms with E-state index in [4.69, 9.17) is 5.73 Å². The van der Waals surface area contributed by atoms with Crippen LogP contribution in [-0.2, 0) is 29.5 Å². The Kier molecular flexibility index (Phi) is 3.59. The molecule has 0 atom stereocenters. The summed E-state index contributed by atoms with van der Waals surface area (Å²) >= 11 is 1.29. The van der Waals surface area contributed by atoms with Crippen molar-refractivity contribution in [3.05, 3.63) is 29.2 Å². The molecule has 2 aromatic heterocycles. The van der Waals surface area contributed by atoms with Crippen LogP contribution in [0.5, 0.6) is 0 Å². The second-order valence-corrected chi connectivity index (χ2v) is 7.87. The zero-order valence-electron chi connectivity index (χ0n) is 10.8. The number of hydrogen-bond acceptors (Lipinski definition) is 6. The monoisotopic (exact) mass is 313 g/mol. The third-order valence-corrected chi connectivity index (χ3v) is 6.68. The number of nitrogens with zero attached hydrogens (tertiary/aromatic N) is 4. The summed E-state index contributed by atoms with van der Waals surface area (Å²) in [5, 5.41) is 7.74. The van der Waals surface area contributed by atoms with Gasteiger partial charge in [-0.05, 0) is 25.1 Å². The summed E-state index contributed by atoms with van der Waals surface area (Å²) in [7, 11) is -3.45. The van der Waals surface area contributed by atoms with Crippen LogP contribution in [0.25, 0.3) is 0 Å². The number of rotatable bonds is 4. The molecule has 0 aliphatic carbocycles. The predicted octanol–water partition coefficient (Wildman–Crippen LogP) is 0.0453. The van der Waals surface area contributed by atoms with Crippen LogP contribution in [0.1, 0.15) is 10.7 Å². The highest BCUT2D eigenvalue weighted by molar-refractivity contribution is 7.91. The molecular weight excluding hydrogens is 298 g/mol. The Morgan fingerprint density at radius 2 is 2.20 bits per heavy atom. The summed E-state index contributed by atoms with van der Waals surface area (Å²) in [4.78, 5) is 0.992. The van der Waals surface area contributed by atoms with E-state index >= 15 is 0 Å². The molecule has 1 aliphatic heterocycles. The van der Waals surface area contributed by atoms with Crippen molar-refractivity contribution in [3.63, 3.8) is 0 Å². The van der Waals surface area contributed by atoms with Crippen LogP contribution in [0.4, 0.5) is 0 Å². The number of sulfonamides is 1. The van der Waals surface area contributed by atoms with Gasteiger partial charge in [-0.15, -0.1) is 21.5 Å². The summed E-state index contributed by atoms with van der Waals surface area (Å²) < 4.78 is 28.9. The van der Waals surface area contributed by atoms with Gasteiger partial charge in [0.05, 0.1) is 6.54 Å². The van der Waals surface area contributed by atoms with Crippen molar-refractivity contribution >= 4 is 21.4 Å². The van der Waals surface area contributed by atoms with E-state index in [9.17, 15) is 8.42 Å². The second-order valence-electron chi connectivity index (χ2n) is 4.54. The largest absolute Gasteiger partial charge is 0.330 e. The standard InChI is InChI=1S/C11H15N5O2S2/c12-4-3-9-1-2-11(19-9)20(17,18)16-6-5-15-8-13-14-10(15)7-16/h1-2,8H,3-7,12H2. The van der Waals surface area contributed by atoms with Gasteiger partial charge in [-0.25, -0.2) is 8.42 Å². The molecule has 0 spiro atoms. The fraction of sp³-hybridized carbons (Fsp3) is 0.455. The minimum Gasteiger partial charge on any atom is -0.330 e. The Morgan fingerprint density at radius 3 is 3.00 bits per heavy atom. The summed E-state index contributed by atoms with van der Waals surface area (Å²) in [5.74, 6) is 0.679. The lowest BCUT2D eigenvalue weighted by atomic mass is 10.3. The summed E-state index contributed by atoms with van der Waals surface area (Å²) in [6, 6.07) is 3.49. The van der Waals surface area contributed by atoms with Gasteiger partial charge >= 0.3 is 0 Å². The average molecular weight is 313 g/mol. The molecule has 1 aliphatic rings. The average Bonchev–Trinajstić information content (AvgIpc) is 3.06. The number of nitrogens with two attached hydrogens (primary N) is 1. The molecule has 7 nitrogen and oxygen atoms in total. The normalized spacial score (nSPS) is 16.2. The molecule has 20 heavy (non-hydrogen) atoms. The molecule has 9 heteroatoms. The Balaban J connectivity index is 1.85. The van der Waals surface area contributed by atoms with E-state index in [0.29, 0.717) is 36.1 Å². The molecule has 2 N–H and O–H groups in total. The zero-order chi connectivity index (χ0) is 14.2. The maximum atomic E-state index is 12.6. The van der Waals surface area contributed by atoms with Gasteiger partial charge in [0.25, 0.3) is 10.0 Å². The number of aromatic nitrogens is 3. The first kappa shape index (κ1) is 13.7. The fourth-order valence-electron chi connectivity index (χ4n) is 2.15. The third-order valence-electron chi connectivity index (χ3n) is 3.23. The Labute approximate surface area is 121 Å². The van der Waals surface area contributed by atoms with Gasteiger partial charge in [0.2, 0.25) is 0 Å². The molecule has 3 rings (SSSR count). The lowest BCUT2D eigenvalue weighted by Crippen LogP contribution is -2.37. The molecule has 0 saturated heterocycles. The van der Waals surface area contributed by atoms with Gasteiger partial charge < -0.3 is 10.3 Å². The molecule has 0 bridgehead atoms. The second kappa shape index (κ2) is 5.24. The van der Waals surface area contributed by atoms with Crippen molar-refractivity contribution in [3.8, 4) is 0 Å². The van der Waals surface area contributed by atoms with Gasteiger partial charge in [-0.3, -0.25) is 0 Å². The molecule has 0 unspecified atom stereocenters. The minimum absolute atomic E-state index is 0.270. The summed E-state index contributed by atoms with van der Waals surface area (Å²) in [6.45, 7) is 1.82. The van der Waals surface area contributed by atoms with Gasteiger partial charge in [0, 0.05) is 18.0 Å². The minimum atomic E-state index is -3.45. The number of thiophene rings is 1. The molecule has 0 amide bonds. The van der Waals surface area contributed by atoms with Crippen LogP contribution >= 0.6 is 11.3 Å². The Hall–Kier alpha value is -1.29. The van der Waals surface area contributed by atoms with Crippen molar-refractivity contribution in [1.29, 1.82) is 0 Å². The fourth-order valence-corrected chi connectivity index (χ4v) is 5.06. The molecule has 0 fully saturated rings. The Bertz CT molecular complexity index is 706. The van der Waals surface area contributed by atoms with E-state index in [0.717, 1.165) is 4.88 Å². The first-order valence-electron chi connectivity index (χ1n) is 6.27. The van der Waals surface area contributed by atoms with Crippen LogP contribution < -0.4 is 5.73 Å². The van der Waals surface area contributed by atoms with Gasteiger partial charge in [0.15, 0.2) is 0 Å². The van der Waals surface area contributed by atoms with E-state index in [2.05, 4.69) is 10.2 Å². The first-order chi connectivity index (χ1) is 9.61. The smallest absolute Gasteiger partial charge is 0.253 e. The first-order valence-corrected chi connectivity index (χ1v) is 8.52. The molecule has 0 saturated carbocycles. The van der Waals surface area contributed by atoms with Crippen LogP contribution in [0, 0.1) is 0 Å². The van der Waals surface area contributed by atoms with E-state index in [1.54, 1.807) is 12.4 Å². The lowest BCUT2D eigenvalue weighted by molar-refractivity contribution is 0.336. The van der Waals surface area contributed by atoms with E-state index in [1.807, 2.05) is 10.6 Å². The van der Waals surface area contributed by atoms with E-state index in [-0.39, 0.29) is 6.54 Å². The maximum Gasteiger partial charge on any atom is 0.253 e. The predicted molar refractivity (Wildman–Crippen MR) is 74.7 cm³/mol. The van der Waals surface area contributed by atoms with Crippen LogP contribution in [0.2, 0.25) is 0 Å². The van der Waals surface area contributed by atoms with Crippen LogP contribution in [0.3, 0.4) is 0 Å². The van der Waals surface area contributed by atoms with Crippen molar-refractivity contribution < 1.29 is 8.42 Å². The zero-order valence-corrected chi connectivity index (χ0v) is 12.4. The SMILES string of the molecule is NCCc1ccc(S(=O)(=O)N2CCn3cnnc3C2)s1. The van der Waals surface area contributed by atoms with Gasteiger partial charge in [0.1, 0.15) is 16.4 Å². The van der Waals surface area contributed by atoms with Crippen molar-refractivity contribution in [2.24, 2.45) is 5.73 Å². The quantitative estimate of drug-likeness (QED) is 0.860. The molecule has 0 aromatic carbocycles. The maximum absolute atomic E-state index is 12.6. The van der Waals surface area contributed by atoms with Crippen LogP contribution in [-0.4, -0.2) is 40.6 Å². The van der Waals surface area contributed by atoms with Gasteiger partial charge in [-0.1, -0.05) is 0 Å². The molecule has 108 valence electrons. The highest BCUT2D eigenvalue weighted by atomic mass is 32.2. The van der Waals surface area contributed by atoms with Crippen molar-refractivity contribution in [2.75, 3.05) is 13.1 Å². The molecule has 3 heterocycles. The lowest BCUT2D eigenvalue weighted by Gasteiger charge is -2.25. The van der Waals surface area contributed by atoms with E-state index in [1.165, 1.54) is 15.6 Å². The summed E-state index contributed by atoms with van der Waals surface area (Å²) in [6.07, 6.45) is 2.33.